The topological polar surface area (TPSA) is 247 Å². The first kappa shape index (κ1) is 60.1. The highest BCUT2D eigenvalue weighted by Crippen LogP contribution is 2.39. The zero-order chi connectivity index (χ0) is 55.6. The molecule has 2 fully saturated rings. The number of likely N-dealkylation sites (N-methyl/N-ethyl adjacent to an activating group) is 2. The summed E-state index contributed by atoms with van der Waals surface area (Å²) in [6.07, 6.45) is 9.92. The molecule has 27 heteroatoms. The molecule has 0 spiro atoms. The van der Waals surface area contributed by atoms with Crippen LogP contribution in [0.2, 0.25) is 0 Å². The Hall–Kier alpha value is -7.16. The van der Waals surface area contributed by atoms with Crippen molar-refractivity contribution in [3.63, 3.8) is 0 Å². The Kier molecular flexibility index (Phi) is 20.7. The van der Waals surface area contributed by atoms with E-state index in [4.69, 9.17) is 4.74 Å². The molecule has 20 nitrogen and oxygen atoms in total. The van der Waals surface area contributed by atoms with Crippen molar-refractivity contribution in [2.75, 3.05) is 37.8 Å². The van der Waals surface area contributed by atoms with Gasteiger partial charge < -0.3 is 34.7 Å². The molecule has 8 rings (SSSR count). The van der Waals surface area contributed by atoms with Gasteiger partial charge >= 0.3 is 6.09 Å². The third-order valence-corrected chi connectivity index (χ3v) is 14.8. The summed E-state index contributed by atoms with van der Waals surface area (Å²) in [5, 5.41) is 47.0. The minimum atomic E-state index is -0.927. The fourth-order valence-electron chi connectivity index (χ4n) is 8.64. The van der Waals surface area contributed by atoms with Gasteiger partial charge in [0.2, 0.25) is 0 Å². The third kappa shape index (κ3) is 15.5. The van der Waals surface area contributed by atoms with Gasteiger partial charge in [0.15, 0.2) is 10.3 Å². The van der Waals surface area contributed by atoms with Gasteiger partial charge in [-0.2, -0.15) is 0 Å². The molecule has 416 valence electrons. The number of benzene rings is 4. The number of rotatable bonds is 18. The molecule has 3 N–H and O–H groups in total. The highest BCUT2D eigenvalue weighted by atomic mass is 35.5. The van der Waals surface area contributed by atoms with E-state index in [9.17, 15) is 52.2 Å². The highest BCUT2D eigenvalue weighted by molar-refractivity contribution is 7.99. The predicted octanol–water partition coefficient (Wildman–Crippen LogP) is 11.6. The number of halogens is 5. The molecule has 2 aliphatic rings. The number of carbonyl (C=O) groups excluding carboxylic acids is 3. The number of amides is 3. The standard InChI is InChI=1S/C28H32F2N6O5S.C23H24F2N6O3S.ClH/c1-28(2,3)41-27(38)34(4)11-12-35-16-31-33-26(35)42-23-10-9-19(36(39)40)15-20(23)25(37)32-24-21(29)13-18(14-22(24)30)17-7-5-6-8-17;1-26-8-9-30-13-27-29-23(30)35-20-7-6-16(31(33)34)12-17(20)22(32)28-21-18(24)10-15(11-19(21)25)14-4-2-3-5-14;/h9-10,13-17H,5-8,11-12H2,1-4H3,(H,32,37);6-7,10-14,26H,2-5,8-9H2,1H3,(H,28,32);1H. The molecule has 78 heavy (non-hydrogen) atoms. The van der Waals surface area contributed by atoms with Gasteiger partial charge in [-0.1, -0.05) is 25.7 Å². The minimum Gasteiger partial charge on any atom is -0.444 e. The van der Waals surface area contributed by atoms with Crippen molar-refractivity contribution in [3.05, 3.63) is 139 Å². The zero-order valence-electron chi connectivity index (χ0n) is 43.1. The SMILES string of the molecule is CN(CCn1cnnc1Sc1ccc([N+](=O)[O-])cc1C(=O)Nc1c(F)cc(C2CCCC2)cc1F)C(=O)OC(C)(C)C.CNCCn1cnnc1Sc1ccc([N+](=O)[O-])cc1C(=O)Nc1c(F)cc(C2CCCC2)cc1F.Cl. The molecule has 0 radical (unpaired) electrons. The van der Waals surface area contributed by atoms with Crippen LogP contribution >= 0.6 is 35.9 Å². The van der Waals surface area contributed by atoms with Crippen LogP contribution in [0.1, 0.15) is 116 Å². The van der Waals surface area contributed by atoms with E-state index in [0.717, 1.165) is 87.0 Å². The Bertz CT molecular complexity index is 3100. The first-order valence-corrected chi connectivity index (χ1v) is 26.2. The van der Waals surface area contributed by atoms with E-state index in [1.54, 1.807) is 44.0 Å². The van der Waals surface area contributed by atoms with Crippen LogP contribution in [0.5, 0.6) is 0 Å². The third-order valence-electron chi connectivity index (χ3n) is 12.6. The van der Waals surface area contributed by atoms with E-state index < -0.39 is 68.0 Å². The van der Waals surface area contributed by atoms with Crippen LogP contribution < -0.4 is 16.0 Å². The number of hydrogen-bond donors (Lipinski definition) is 3. The first-order chi connectivity index (χ1) is 36.7. The second-order valence-electron chi connectivity index (χ2n) is 19.3. The number of nitro groups is 2. The summed E-state index contributed by atoms with van der Waals surface area (Å²) >= 11 is 2.06. The lowest BCUT2D eigenvalue weighted by Crippen LogP contribution is -2.35. The molecule has 3 amide bonds. The molecular weight excluding hydrogens is 1080 g/mol. The average Bonchev–Trinajstić information content (AvgIpc) is 4.27. The van der Waals surface area contributed by atoms with Crippen LogP contribution in [-0.4, -0.2) is 95.0 Å². The van der Waals surface area contributed by atoms with Crippen molar-refractivity contribution in [3.8, 4) is 0 Å². The molecule has 2 saturated carbocycles. The number of nitro benzene ring substituents is 2. The number of ether oxygens (including phenoxy) is 1. The Morgan fingerprint density at radius 1 is 0.692 bits per heavy atom. The van der Waals surface area contributed by atoms with Crippen molar-refractivity contribution in [1.82, 2.24) is 39.7 Å². The Morgan fingerprint density at radius 3 is 1.46 bits per heavy atom. The molecule has 2 aromatic heterocycles. The molecule has 2 aliphatic carbocycles. The van der Waals surface area contributed by atoms with E-state index in [2.05, 4.69) is 36.3 Å². The molecular formula is C51H57ClF4N12O8S2. The largest absolute Gasteiger partial charge is 0.444 e. The van der Waals surface area contributed by atoms with E-state index in [-0.39, 0.29) is 64.7 Å². The van der Waals surface area contributed by atoms with E-state index in [1.165, 1.54) is 66.1 Å². The summed E-state index contributed by atoms with van der Waals surface area (Å²) in [6, 6.07) is 12.3. The second kappa shape index (κ2) is 26.9. The summed E-state index contributed by atoms with van der Waals surface area (Å²) in [5.74, 6) is -5.23. The van der Waals surface area contributed by atoms with E-state index in [1.807, 2.05) is 0 Å². The zero-order valence-corrected chi connectivity index (χ0v) is 45.5. The van der Waals surface area contributed by atoms with Crippen molar-refractivity contribution < 1.29 is 46.5 Å². The normalized spacial score (nSPS) is 13.6. The summed E-state index contributed by atoms with van der Waals surface area (Å²) in [5.41, 5.74) is -1.73. The first-order valence-electron chi connectivity index (χ1n) is 24.6. The number of nitrogens with one attached hydrogen (secondary N) is 3. The van der Waals surface area contributed by atoms with Gasteiger partial charge in [-0.05, 0) is 136 Å². The number of aromatic nitrogens is 6. The number of nitrogens with zero attached hydrogens (tertiary/aromatic N) is 9. The van der Waals surface area contributed by atoms with Crippen LogP contribution in [0, 0.1) is 43.5 Å². The molecule has 4 aromatic carbocycles. The van der Waals surface area contributed by atoms with Gasteiger partial charge in [-0.15, -0.1) is 32.8 Å². The predicted molar refractivity (Wildman–Crippen MR) is 286 cm³/mol. The van der Waals surface area contributed by atoms with Crippen molar-refractivity contribution in [2.45, 2.75) is 123 Å². The molecule has 0 bridgehead atoms. The second-order valence-corrected chi connectivity index (χ2v) is 21.3. The summed E-state index contributed by atoms with van der Waals surface area (Å²) in [6.45, 7) is 7.03. The summed E-state index contributed by atoms with van der Waals surface area (Å²) in [7, 11) is 3.39. The lowest BCUT2D eigenvalue weighted by Gasteiger charge is -2.24. The van der Waals surface area contributed by atoms with Gasteiger partial charge in [0, 0.05) is 67.3 Å². The van der Waals surface area contributed by atoms with Crippen LogP contribution in [0.25, 0.3) is 0 Å². The average molecular weight is 1140 g/mol. The fourth-order valence-corrected chi connectivity index (χ4v) is 10.5. The monoisotopic (exact) mass is 1140 g/mol. The molecule has 6 aromatic rings. The van der Waals surface area contributed by atoms with Gasteiger partial charge in [-0.3, -0.25) is 29.8 Å². The highest BCUT2D eigenvalue weighted by Gasteiger charge is 2.28. The van der Waals surface area contributed by atoms with E-state index >= 15 is 0 Å². The van der Waals surface area contributed by atoms with Crippen LogP contribution in [-0.2, 0) is 17.8 Å². The Balaban J connectivity index is 0.000000253. The van der Waals surface area contributed by atoms with E-state index in [0.29, 0.717) is 39.4 Å². The number of carbonyl (C=O) groups is 3. The van der Waals surface area contributed by atoms with Crippen LogP contribution in [0.4, 0.5) is 45.1 Å². The minimum absolute atomic E-state index is 0. The van der Waals surface area contributed by atoms with Crippen molar-refractivity contribution in [2.24, 2.45) is 0 Å². The lowest BCUT2D eigenvalue weighted by atomic mass is 9.97. The molecule has 0 unspecified atom stereocenters. The van der Waals surface area contributed by atoms with Gasteiger partial charge in [-0.25, -0.2) is 22.4 Å². The maximum absolute atomic E-state index is 15.0. The quantitative estimate of drug-likeness (QED) is 0.0411. The summed E-state index contributed by atoms with van der Waals surface area (Å²) in [4.78, 5) is 62.1. The number of hydrogen-bond acceptors (Lipinski definition) is 15. The van der Waals surface area contributed by atoms with Gasteiger partial charge in [0.05, 0.1) is 21.0 Å². The van der Waals surface area contributed by atoms with Crippen LogP contribution in [0.3, 0.4) is 0 Å². The molecule has 0 saturated heterocycles. The maximum atomic E-state index is 15.0. The smallest absolute Gasteiger partial charge is 0.410 e. The van der Waals surface area contributed by atoms with Crippen LogP contribution in [0.15, 0.2) is 93.4 Å². The Morgan fingerprint density at radius 2 is 1.09 bits per heavy atom. The molecule has 0 aliphatic heterocycles. The van der Waals surface area contributed by atoms with Gasteiger partial charge in [0.25, 0.3) is 23.2 Å². The lowest BCUT2D eigenvalue weighted by molar-refractivity contribution is -0.385. The number of anilines is 2. The molecule has 2 heterocycles. The van der Waals surface area contributed by atoms with Crippen molar-refractivity contribution >= 4 is 76.6 Å². The van der Waals surface area contributed by atoms with Crippen molar-refractivity contribution in [1.29, 1.82) is 0 Å². The number of non-ortho nitro benzene ring substituents is 2. The summed E-state index contributed by atoms with van der Waals surface area (Å²) < 4.78 is 68.4. The van der Waals surface area contributed by atoms with Gasteiger partial charge in [0.1, 0.15) is 52.9 Å². The molecule has 0 atom stereocenters. The maximum Gasteiger partial charge on any atom is 0.410 e. The fraction of sp³-hybridized carbons (Fsp3) is 0.392. The Labute approximate surface area is 460 Å².